The maximum absolute atomic E-state index is 12.9. The van der Waals surface area contributed by atoms with E-state index < -0.39 is 0 Å². The molecule has 1 aromatic heterocycles. The quantitative estimate of drug-likeness (QED) is 0.671. The maximum atomic E-state index is 12.9. The number of benzene rings is 1. The average molecular weight is 359 g/mol. The van der Waals surface area contributed by atoms with E-state index in [1.807, 2.05) is 0 Å². The van der Waals surface area contributed by atoms with Crippen LogP contribution in [0.2, 0.25) is 0 Å². The van der Waals surface area contributed by atoms with Crippen molar-refractivity contribution in [2.24, 2.45) is 0 Å². The molecule has 0 saturated carbocycles. The molecule has 1 aromatic carbocycles. The number of carbonyl (C=O) groups excluding carboxylic acids is 2. The molecule has 2 N–H and O–H groups in total. The van der Waals surface area contributed by atoms with Gasteiger partial charge in [-0.2, -0.15) is 0 Å². The van der Waals surface area contributed by atoms with E-state index in [9.17, 15) is 14.0 Å². The molecule has 0 aliphatic rings. The van der Waals surface area contributed by atoms with Gasteiger partial charge in [0.25, 0.3) is 11.8 Å². The van der Waals surface area contributed by atoms with Crippen LogP contribution < -0.4 is 10.6 Å². The molecule has 2 rings (SSSR count). The minimum atomic E-state index is -0.311. The first-order valence-electron chi connectivity index (χ1n) is 8.35. The highest BCUT2D eigenvalue weighted by atomic mass is 19.1. The second-order valence-corrected chi connectivity index (χ2v) is 5.70. The molecule has 7 heteroatoms. The minimum Gasteiger partial charge on any atom is -0.385 e. The smallest absolute Gasteiger partial charge is 0.252 e. The van der Waals surface area contributed by atoms with Gasteiger partial charge in [0, 0.05) is 39.2 Å². The summed E-state index contributed by atoms with van der Waals surface area (Å²) in [6.45, 7) is 1.45. The van der Waals surface area contributed by atoms with Crippen molar-refractivity contribution in [1.82, 2.24) is 15.6 Å². The maximum Gasteiger partial charge on any atom is 0.252 e. The highest BCUT2D eigenvalue weighted by Crippen LogP contribution is 2.05. The third-order valence-corrected chi connectivity index (χ3v) is 3.69. The number of nitrogens with zero attached hydrogens (tertiary/aromatic N) is 1. The number of carbonyl (C=O) groups is 2. The van der Waals surface area contributed by atoms with Crippen LogP contribution in [0.15, 0.2) is 42.7 Å². The van der Waals surface area contributed by atoms with Gasteiger partial charge in [-0.3, -0.25) is 14.6 Å². The van der Waals surface area contributed by atoms with Gasteiger partial charge in [-0.05, 0) is 36.6 Å². The number of pyridine rings is 1. The summed E-state index contributed by atoms with van der Waals surface area (Å²) < 4.78 is 17.8. The summed E-state index contributed by atoms with van der Waals surface area (Å²) >= 11 is 0. The molecule has 2 aromatic rings. The Morgan fingerprint density at radius 2 is 1.65 bits per heavy atom. The second kappa shape index (κ2) is 10.2. The number of aromatic nitrogens is 1. The number of amides is 2. The van der Waals surface area contributed by atoms with Gasteiger partial charge in [0.15, 0.2) is 0 Å². The topological polar surface area (TPSA) is 80.3 Å². The molecule has 0 spiro atoms. The van der Waals surface area contributed by atoms with E-state index in [1.165, 1.54) is 30.6 Å². The Bertz CT molecular complexity index is 735. The summed E-state index contributed by atoms with van der Waals surface area (Å²) in [7, 11) is 1.60. The van der Waals surface area contributed by atoms with Crippen molar-refractivity contribution >= 4 is 11.8 Å². The fraction of sp³-hybridized carbons (Fsp3) is 0.316. The van der Waals surface area contributed by atoms with Crippen LogP contribution >= 0.6 is 0 Å². The highest BCUT2D eigenvalue weighted by Gasteiger charge is 2.11. The summed E-state index contributed by atoms with van der Waals surface area (Å²) in [5.74, 6) is -0.885. The van der Waals surface area contributed by atoms with Crippen LogP contribution in [0, 0.1) is 5.82 Å². The number of nitrogens with one attached hydrogen (secondary N) is 2. The predicted molar refractivity (Wildman–Crippen MR) is 95.5 cm³/mol. The van der Waals surface area contributed by atoms with Gasteiger partial charge < -0.3 is 15.4 Å². The SMILES string of the molecule is COCCCNC(=O)c1cncc(C(=O)NCCc2ccc(F)cc2)c1. The lowest BCUT2D eigenvalue weighted by Gasteiger charge is -2.08. The summed E-state index contributed by atoms with van der Waals surface area (Å²) in [6.07, 6.45) is 4.12. The first-order valence-corrected chi connectivity index (χ1v) is 8.35. The Morgan fingerprint density at radius 1 is 1.04 bits per heavy atom. The number of halogens is 1. The Labute approximate surface area is 151 Å². The fourth-order valence-electron chi connectivity index (χ4n) is 2.28. The number of rotatable bonds is 9. The van der Waals surface area contributed by atoms with Crippen molar-refractivity contribution < 1.29 is 18.7 Å². The molecule has 0 aliphatic heterocycles. The Kier molecular flexibility index (Phi) is 7.70. The lowest BCUT2D eigenvalue weighted by atomic mass is 10.1. The molecule has 26 heavy (non-hydrogen) atoms. The van der Waals surface area contributed by atoms with Gasteiger partial charge >= 0.3 is 0 Å². The molecule has 0 radical (unpaired) electrons. The van der Waals surface area contributed by atoms with E-state index in [-0.39, 0.29) is 17.6 Å². The van der Waals surface area contributed by atoms with Gasteiger partial charge in [0.1, 0.15) is 5.82 Å². The predicted octanol–water partition coefficient (Wildman–Crippen LogP) is 1.96. The van der Waals surface area contributed by atoms with Gasteiger partial charge in [0.05, 0.1) is 11.1 Å². The Balaban J connectivity index is 1.84. The normalized spacial score (nSPS) is 10.4. The molecule has 0 fully saturated rings. The molecule has 138 valence electrons. The molecule has 0 aliphatic carbocycles. The summed E-state index contributed by atoms with van der Waals surface area (Å²) in [5.41, 5.74) is 1.57. The van der Waals surface area contributed by atoms with E-state index in [1.54, 1.807) is 19.2 Å². The molecular weight excluding hydrogens is 337 g/mol. The summed E-state index contributed by atoms with van der Waals surface area (Å²) in [6, 6.07) is 7.63. The van der Waals surface area contributed by atoms with Crippen LogP contribution in [-0.4, -0.2) is 43.6 Å². The molecule has 0 bridgehead atoms. The molecule has 6 nitrogen and oxygen atoms in total. The Hall–Kier alpha value is -2.80. The zero-order chi connectivity index (χ0) is 18.8. The van der Waals surface area contributed by atoms with E-state index in [4.69, 9.17) is 4.74 Å². The van der Waals surface area contributed by atoms with Gasteiger partial charge in [-0.15, -0.1) is 0 Å². The highest BCUT2D eigenvalue weighted by molar-refractivity contribution is 5.99. The molecule has 2 amide bonds. The van der Waals surface area contributed by atoms with Crippen molar-refractivity contribution in [1.29, 1.82) is 0 Å². The third-order valence-electron chi connectivity index (χ3n) is 3.69. The third kappa shape index (κ3) is 6.25. The van der Waals surface area contributed by atoms with E-state index in [0.717, 1.165) is 5.56 Å². The second-order valence-electron chi connectivity index (χ2n) is 5.70. The number of hydrogen-bond acceptors (Lipinski definition) is 4. The van der Waals surface area contributed by atoms with Gasteiger partial charge in [-0.1, -0.05) is 12.1 Å². The Morgan fingerprint density at radius 3 is 2.27 bits per heavy atom. The largest absolute Gasteiger partial charge is 0.385 e. The zero-order valence-electron chi connectivity index (χ0n) is 14.6. The molecule has 1 heterocycles. The summed E-state index contributed by atoms with van der Waals surface area (Å²) in [4.78, 5) is 28.2. The summed E-state index contributed by atoms with van der Waals surface area (Å²) in [5, 5.41) is 5.52. The minimum absolute atomic E-state index is 0.283. The van der Waals surface area contributed by atoms with Crippen LogP contribution in [0.25, 0.3) is 0 Å². The van der Waals surface area contributed by atoms with Crippen molar-refractivity contribution in [3.63, 3.8) is 0 Å². The fourth-order valence-corrected chi connectivity index (χ4v) is 2.28. The molecule has 0 atom stereocenters. The standard InChI is InChI=1S/C19H22FN3O3/c1-26-10-2-8-22-18(24)15-11-16(13-21-12-15)19(25)23-9-7-14-3-5-17(20)6-4-14/h3-6,11-13H,2,7-10H2,1H3,(H,22,24)(H,23,25). The molecule has 0 unspecified atom stereocenters. The van der Waals surface area contributed by atoms with Crippen LogP contribution in [0.1, 0.15) is 32.7 Å². The number of hydrogen-bond donors (Lipinski definition) is 2. The van der Waals surface area contributed by atoms with E-state index in [2.05, 4.69) is 15.6 Å². The lowest BCUT2D eigenvalue weighted by Crippen LogP contribution is -2.28. The van der Waals surface area contributed by atoms with Crippen molar-refractivity contribution in [2.75, 3.05) is 26.8 Å². The van der Waals surface area contributed by atoms with Crippen LogP contribution in [0.3, 0.4) is 0 Å². The van der Waals surface area contributed by atoms with Crippen molar-refractivity contribution in [2.45, 2.75) is 12.8 Å². The zero-order valence-corrected chi connectivity index (χ0v) is 14.6. The lowest BCUT2D eigenvalue weighted by molar-refractivity contribution is 0.0948. The van der Waals surface area contributed by atoms with Gasteiger partial charge in [-0.25, -0.2) is 4.39 Å². The monoisotopic (exact) mass is 359 g/mol. The first kappa shape index (κ1) is 19.5. The molecular formula is C19H22FN3O3. The number of ether oxygens (including phenoxy) is 1. The van der Waals surface area contributed by atoms with Crippen molar-refractivity contribution in [3.05, 3.63) is 65.2 Å². The van der Waals surface area contributed by atoms with Crippen LogP contribution in [0.4, 0.5) is 4.39 Å². The molecule has 0 saturated heterocycles. The average Bonchev–Trinajstić information content (AvgIpc) is 2.66. The number of methoxy groups -OCH3 is 1. The van der Waals surface area contributed by atoms with Crippen molar-refractivity contribution in [3.8, 4) is 0 Å². The van der Waals surface area contributed by atoms with E-state index >= 15 is 0 Å². The van der Waals surface area contributed by atoms with Crippen LogP contribution in [-0.2, 0) is 11.2 Å². The van der Waals surface area contributed by atoms with Gasteiger partial charge in [0.2, 0.25) is 0 Å². The van der Waals surface area contributed by atoms with Crippen LogP contribution in [0.5, 0.6) is 0 Å². The van der Waals surface area contributed by atoms with E-state index in [0.29, 0.717) is 43.7 Å². The first-order chi connectivity index (χ1) is 12.6.